The minimum atomic E-state index is -1.63. The van der Waals surface area contributed by atoms with Gasteiger partial charge in [0.05, 0.1) is 0 Å². The van der Waals surface area contributed by atoms with Crippen LogP contribution in [0.1, 0.15) is 168 Å². The molecule has 0 aromatic rings. The normalized spacial score (nSPS) is 30.1. The van der Waals surface area contributed by atoms with Crippen LogP contribution in [-0.2, 0) is 57.5 Å². The molecule has 5 rings (SSSR count). The van der Waals surface area contributed by atoms with E-state index in [2.05, 4.69) is 16.0 Å². The lowest BCUT2D eigenvalue weighted by molar-refractivity contribution is -0.160. The average Bonchev–Trinajstić information content (AvgIpc) is 3.29. The summed E-state index contributed by atoms with van der Waals surface area (Å²) in [7, 11) is 5.97. The molecule has 5 fully saturated rings. The summed E-state index contributed by atoms with van der Waals surface area (Å²) >= 11 is 0. The van der Waals surface area contributed by atoms with E-state index in [1.165, 1.54) is 59.5 Å². The minimum absolute atomic E-state index is 0.0191. The topological polar surface area (TPSA) is 256 Å². The Bertz CT molecular complexity index is 2430. The van der Waals surface area contributed by atoms with Gasteiger partial charge in [-0.25, -0.2) is 0 Å². The van der Waals surface area contributed by atoms with E-state index in [4.69, 9.17) is 4.74 Å². The van der Waals surface area contributed by atoms with Crippen LogP contribution in [0.3, 0.4) is 0 Å². The second-order valence-corrected chi connectivity index (χ2v) is 27.8. The zero-order chi connectivity index (χ0) is 63.8. The van der Waals surface area contributed by atoms with Crippen molar-refractivity contribution < 1.29 is 57.5 Å². The van der Waals surface area contributed by atoms with Crippen LogP contribution in [0.5, 0.6) is 0 Å². The van der Waals surface area contributed by atoms with Crippen molar-refractivity contribution in [3.63, 3.8) is 0 Å². The van der Waals surface area contributed by atoms with Crippen LogP contribution >= 0.6 is 0 Å². The Balaban J connectivity index is 1.63. The summed E-state index contributed by atoms with van der Waals surface area (Å²) in [4.78, 5) is 172. The molecule has 85 heavy (non-hydrogen) atoms. The highest BCUT2D eigenvalue weighted by atomic mass is 16.5. The Kier molecular flexibility index (Phi) is 24.8. The van der Waals surface area contributed by atoms with E-state index in [1.807, 2.05) is 83.1 Å². The number of nitrogens with zero attached hydrogens (tertiary/aromatic N) is 7. The fourth-order valence-electron chi connectivity index (χ4n) is 14.1. The molecule has 4 saturated heterocycles. The number of cyclic esters (lactones) is 1. The molecule has 13 atom stereocenters. The van der Waals surface area contributed by atoms with Crippen molar-refractivity contribution in [3.05, 3.63) is 0 Å². The van der Waals surface area contributed by atoms with Gasteiger partial charge in [0.2, 0.25) is 59.1 Å². The van der Waals surface area contributed by atoms with Gasteiger partial charge in [0.15, 0.2) is 0 Å². The maximum atomic E-state index is 15.4. The smallest absolute Gasteiger partial charge is 0.325 e. The van der Waals surface area contributed by atoms with Crippen molar-refractivity contribution in [2.45, 2.75) is 228 Å². The number of likely N-dealkylation sites (N-methyl/N-ethyl adjacent to an activating group) is 4. The Morgan fingerprint density at radius 2 is 1.16 bits per heavy atom. The maximum absolute atomic E-state index is 15.4. The number of rotatable bonds is 13. The summed E-state index contributed by atoms with van der Waals surface area (Å²) in [6.07, 6.45) is 4.94. The number of ether oxygens (including phenoxy) is 1. The molecule has 5 aliphatic rings. The van der Waals surface area contributed by atoms with E-state index < -0.39 is 132 Å². The highest BCUT2D eigenvalue weighted by molar-refractivity contribution is 5.99. The predicted octanol–water partition coefficient (Wildman–Crippen LogP) is 4.07. The molecule has 0 radical (unpaired) electrons. The Morgan fingerprint density at radius 1 is 0.612 bits per heavy atom. The van der Waals surface area contributed by atoms with Crippen LogP contribution in [0.15, 0.2) is 0 Å². The third-order valence-electron chi connectivity index (χ3n) is 18.5. The number of amides is 10. The number of likely N-dealkylation sites (tertiary alicyclic amines) is 1. The molecule has 22 nitrogen and oxygen atoms in total. The first-order chi connectivity index (χ1) is 39.7. The second-order valence-electron chi connectivity index (χ2n) is 27.8. The van der Waals surface area contributed by atoms with Crippen LogP contribution in [-0.4, -0.2) is 214 Å². The van der Waals surface area contributed by atoms with Crippen molar-refractivity contribution >= 4 is 65.0 Å². The Morgan fingerprint density at radius 3 is 1.72 bits per heavy atom. The molecule has 22 heteroatoms. The molecular weight excluding hydrogens is 1090 g/mol. The van der Waals surface area contributed by atoms with Gasteiger partial charge in [-0.1, -0.05) is 115 Å². The van der Waals surface area contributed by atoms with Crippen LogP contribution in [0.25, 0.3) is 0 Å². The van der Waals surface area contributed by atoms with Crippen molar-refractivity contribution in [2.75, 3.05) is 54.4 Å². The van der Waals surface area contributed by atoms with E-state index in [1.54, 1.807) is 11.9 Å². The lowest BCUT2D eigenvalue weighted by atomic mass is 9.79. The average molecular weight is 1200 g/mol. The first kappa shape index (κ1) is 69.9. The van der Waals surface area contributed by atoms with Gasteiger partial charge >= 0.3 is 5.97 Å². The fraction of sp³-hybridized carbons (Fsp3) is 0.825. The molecule has 10 amide bonds. The van der Waals surface area contributed by atoms with E-state index in [0.29, 0.717) is 6.42 Å². The zero-order valence-electron chi connectivity index (χ0n) is 54.6. The van der Waals surface area contributed by atoms with Crippen molar-refractivity contribution in [1.82, 2.24) is 50.2 Å². The predicted molar refractivity (Wildman–Crippen MR) is 321 cm³/mol. The monoisotopic (exact) mass is 1190 g/mol. The molecule has 4 heterocycles. The Labute approximate surface area is 506 Å². The van der Waals surface area contributed by atoms with Crippen LogP contribution in [0.2, 0.25) is 0 Å². The van der Waals surface area contributed by atoms with Gasteiger partial charge in [-0.15, -0.1) is 0 Å². The molecule has 0 aromatic carbocycles. The standard InChI is InChI=1S/C63H106N10O12/c1-34(2)24-45-58(79)69(17)53(38(9)10)63(84)73-33-44(43-22-20-19-21-23-43)29-50(73)60(81)68(16)47(26-36(5)6)55(76)64-30-51(75)85-41(13)54(57(78)66-46(25-35(3)4)59(80)71-31-39(11)27-48(71)56(77)65-45)70(18)61(82)49-28-40(12)32-72(49)62(83)52(37(7)8)67(15)42(14)74/h34-41,43-50,52-54H,19-33H2,1-18H3,(H,64,76)(H,65,77)(H,66,78)/t39-,40-,41-,44-,45?,46+,47-,48+,49+,50+,52+,53+,54?/m1/s1. The van der Waals surface area contributed by atoms with Crippen LogP contribution < -0.4 is 16.0 Å². The number of hydrogen-bond donors (Lipinski definition) is 3. The van der Waals surface area contributed by atoms with Crippen LogP contribution in [0.4, 0.5) is 0 Å². The van der Waals surface area contributed by atoms with Gasteiger partial charge in [-0.3, -0.25) is 52.7 Å². The van der Waals surface area contributed by atoms with Crippen LogP contribution in [0, 0.1) is 53.3 Å². The fourth-order valence-corrected chi connectivity index (χ4v) is 14.1. The van der Waals surface area contributed by atoms with Gasteiger partial charge < -0.3 is 55.0 Å². The summed E-state index contributed by atoms with van der Waals surface area (Å²) in [5.41, 5.74) is 0. The summed E-state index contributed by atoms with van der Waals surface area (Å²) in [5, 5.41) is 8.57. The first-order valence-electron chi connectivity index (χ1n) is 31.7. The molecule has 4 aliphatic heterocycles. The molecule has 0 spiro atoms. The summed E-state index contributed by atoms with van der Waals surface area (Å²) in [6, 6.07) is -10.2. The quantitative estimate of drug-likeness (QED) is 0.221. The third kappa shape index (κ3) is 17.0. The first-order valence-corrected chi connectivity index (χ1v) is 31.7. The molecule has 0 aromatic heterocycles. The van der Waals surface area contributed by atoms with Gasteiger partial charge in [-0.2, -0.15) is 0 Å². The molecular formula is C63H106N10O12. The van der Waals surface area contributed by atoms with Gasteiger partial charge in [0, 0.05) is 54.7 Å². The summed E-state index contributed by atoms with van der Waals surface area (Å²) < 4.78 is 5.98. The van der Waals surface area contributed by atoms with Gasteiger partial charge in [-0.05, 0) is 98.7 Å². The molecule has 2 unspecified atom stereocenters. The van der Waals surface area contributed by atoms with Crippen molar-refractivity contribution in [2.24, 2.45) is 53.3 Å². The molecule has 0 bridgehead atoms. The van der Waals surface area contributed by atoms with Crippen molar-refractivity contribution in [1.29, 1.82) is 0 Å². The summed E-state index contributed by atoms with van der Waals surface area (Å²) in [5.74, 6) is -7.77. The van der Waals surface area contributed by atoms with E-state index in [-0.39, 0.29) is 105 Å². The highest BCUT2D eigenvalue weighted by Crippen LogP contribution is 2.39. The molecule has 1 saturated carbocycles. The number of fused-ring (bicyclic) bond motifs is 2. The minimum Gasteiger partial charge on any atom is -0.459 e. The van der Waals surface area contributed by atoms with Gasteiger partial charge in [0.1, 0.15) is 67.0 Å². The molecule has 3 N–H and O–H groups in total. The highest BCUT2D eigenvalue weighted by Gasteiger charge is 2.51. The number of esters is 1. The van der Waals surface area contributed by atoms with E-state index >= 15 is 28.8 Å². The summed E-state index contributed by atoms with van der Waals surface area (Å²) in [6.45, 7) is 25.1. The number of carbonyl (C=O) groups is 11. The van der Waals surface area contributed by atoms with Gasteiger partial charge in [0.25, 0.3) is 0 Å². The van der Waals surface area contributed by atoms with Crippen molar-refractivity contribution in [3.8, 4) is 0 Å². The van der Waals surface area contributed by atoms with E-state index in [0.717, 1.165) is 37.0 Å². The Hall–Kier alpha value is -5.83. The largest absolute Gasteiger partial charge is 0.459 e. The lowest BCUT2D eigenvalue weighted by Gasteiger charge is -2.38. The SMILES string of the molecule is CC(=O)N(C)[C@H](C(=O)N1C[C@H](C)C[C@H]1C(=O)N(C)C1C(=O)N[C@@H](CC(C)C)C(=O)N2C[C@H](C)C[C@H]2C(=O)NC(CC(C)C)C(=O)N(C)[C@@H](C(C)C)C(=O)N2C[C@H](C3CCCCC3)C[C@H]2C(=O)N(C)[C@H](CC(C)C)C(=O)NCC(=O)O[C@@H]1C)C(C)C. The maximum Gasteiger partial charge on any atom is 0.325 e. The third-order valence-corrected chi connectivity index (χ3v) is 18.5. The number of nitrogens with one attached hydrogen (secondary N) is 3. The number of carbonyl (C=O) groups excluding carboxylic acids is 11. The molecule has 1 aliphatic carbocycles. The second kappa shape index (κ2) is 30.2. The zero-order valence-corrected chi connectivity index (χ0v) is 54.6. The number of hydrogen-bond acceptors (Lipinski definition) is 12. The molecule has 480 valence electrons. The van der Waals surface area contributed by atoms with E-state index in [9.17, 15) is 24.0 Å². The lowest BCUT2D eigenvalue weighted by Crippen LogP contribution is -2.62.